The number of ether oxygens (including phenoxy) is 2. The molecule has 0 spiro atoms. The van der Waals surface area contributed by atoms with E-state index in [1.165, 1.54) is 5.57 Å². The maximum absolute atomic E-state index is 13.8. The molecule has 0 radical (unpaired) electrons. The highest BCUT2D eigenvalue weighted by Crippen LogP contribution is 2.43. The number of benzene rings is 2. The molecule has 1 unspecified atom stereocenters. The summed E-state index contributed by atoms with van der Waals surface area (Å²) in [6.07, 6.45) is 6.30. The van der Waals surface area contributed by atoms with Crippen LogP contribution in [0, 0.1) is 0 Å². The van der Waals surface area contributed by atoms with Crippen molar-refractivity contribution in [1.29, 1.82) is 0 Å². The standard InChI is InChI=1S/C35H41ClN6O4/c1-22(2)46-30-18-28-25(16-29(30)45-5)17-33(43)42(35(28)24-8-10-26(36)11-9-24)32-15-14-31(37-38-32)39(3)19-23-6-12-27(13-7-23)41-20-34(44)40(4)21-41/h8-11,14-16,18-19,22,27,35H,6-7,12-13,17,20-21H2,1-5H3. The van der Waals surface area contributed by atoms with Crippen LogP contribution in [0.3, 0.4) is 0 Å². The fourth-order valence-electron chi connectivity index (χ4n) is 6.68. The number of hydrogen-bond donors (Lipinski definition) is 0. The summed E-state index contributed by atoms with van der Waals surface area (Å²) in [6.45, 7) is 5.18. The zero-order chi connectivity index (χ0) is 32.5. The minimum atomic E-state index is -0.463. The zero-order valence-corrected chi connectivity index (χ0v) is 27.8. The molecule has 1 aromatic heterocycles. The second-order valence-electron chi connectivity index (χ2n) is 12.6. The number of anilines is 2. The van der Waals surface area contributed by atoms with Crippen LogP contribution in [0.4, 0.5) is 11.6 Å². The number of carbonyl (C=O) groups is 2. The summed E-state index contributed by atoms with van der Waals surface area (Å²) in [5.41, 5.74) is 4.06. The lowest BCUT2D eigenvalue weighted by molar-refractivity contribution is -0.125. The second kappa shape index (κ2) is 13.3. The van der Waals surface area contributed by atoms with Crippen molar-refractivity contribution in [1.82, 2.24) is 20.0 Å². The molecule has 2 aliphatic heterocycles. The van der Waals surface area contributed by atoms with Crippen LogP contribution in [-0.4, -0.2) is 78.4 Å². The van der Waals surface area contributed by atoms with Gasteiger partial charge in [0.05, 0.1) is 38.9 Å². The summed E-state index contributed by atoms with van der Waals surface area (Å²) in [6, 6.07) is 15.1. The number of fused-ring (bicyclic) bond motifs is 1. The van der Waals surface area contributed by atoms with Crippen LogP contribution in [0.5, 0.6) is 11.5 Å². The third kappa shape index (κ3) is 6.55. The molecule has 2 amide bonds. The second-order valence-corrected chi connectivity index (χ2v) is 13.1. The van der Waals surface area contributed by atoms with Crippen LogP contribution < -0.4 is 19.3 Å². The van der Waals surface area contributed by atoms with Gasteiger partial charge in [0.15, 0.2) is 23.1 Å². The maximum Gasteiger partial charge on any atom is 0.237 e. The molecule has 2 fully saturated rings. The van der Waals surface area contributed by atoms with Gasteiger partial charge in [0, 0.05) is 31.4 Å². The number of hydrogen-bond acceptors (Lipinski definition) is 8. The summed E-state index contributed by atoms with van der Waals surface area (Å²) >= 11 is 6.25. The van der Waals surface area contributed by atoms with E-state index in [2.05, 4.69) is 21.3 Å². The van der Waals surface area contributed by atoms with Crippen molar-refractivity contribution in [2.24, 2.45) is 0 Å². The predicted molar refractivity (Wildman–Crippen MR) is 178 cm³/mol. The van der Waals surface area contributed by atoms with Crippen molar-refractivity contribution in [3.63, 3.8) is 0 Å². The van der Waals surface area contributed by atoms with Crippen molar-refractivity contribution >= 4 is 35.1 Å². The largest absolute Gasteiger partial charge is 0.493 e. The molecular formula is C35H41ClN6O4. The van der Waals surface area contributed by atoms with E-state index in [0.29, 0.717) is 40.7 Å². The number of carbonyl (C=O) groups excluding carboxylic acids is 2. The van der Waals surface area contributed by atoms with Gasteiger partial charge in [-0.1, -0.05) is 29.3 Å². The summed E-state index contributed by atoms with van der Waals surface area (Å²) in [5, 5.41) is 9.74. The lowest BCUT2D eigenvalue weighted by Gasteiger charge is -2.37. The highest BCUT2D eigenvalue weighted by atomic mass is 35.5. The highest BCUT2D eigenvalue weighted by Gasteiger charge is 2.37. The normalized spacial score (nSPS) is 20.3. The molecule has 10 nitrogen and oxygen atoms in total. The Labute approximate surface area is 275 Å². The molecule has 3 aromatic rings. The first-order valence-corrected chi connectivity index (χ1v) is 16.2. The van der Waals surface area contributed by atoms with Gasteiger partial charge in [-0.15, -0.1) is 10.2 Å². The van der Waals surface area contributed by atoms with Gasteiger partial charge in [0.25, 0.3) is 0 Å². The first-order chi connectivity index (χ1) is 22.1. The van der Waals surface area contributed by atoms with E-state index in [1.54, 1.807) is 16.9 Å². The number of amides is 2. The van der Waals surface area contributed by atoms with Crippen molar-refractivity contribution < 1.29 is 19.1 Å². The number of methoxy groups -OCH3 is 1. The molecule has 11 heteroatoms. The van der Waals surface area contributed by atoms with E-state index in [9.17, 15) is 9.59 Å². The molecule has 1 aliphatic carbocycles. The van der Waals surface area contributed by atoms with E-state index in [0.717, 1.165) is 49.0 Å². The quantitative estimate of drug-likeness (QED) is 0.313. The molecule has 242 valence electrons. The number of likely N-dealkylation sites (N-methyl/N-ethyl adjacent to an activating group) is 1. The van der Waals surface area contributed by atoms with Crippen LogP contribution >= 0.6 is 11.6 Å². The van der Waals surface area contributed by atoms with Crippen LogP contribution in [0.2, 0.25) is 5.02 Å². The molecule has 1 atom stereocenters. The SMILES string of the molecule is COc1cc2c(cc1OC(C)C)C(c1ccc(Cl)cc1)N(c1ccc(N(C)C=C3CCC(N4CC(=O)N(C)C4)CC3)nn1)C(=O)C2. The average Bonchev–Trinajstić information content (AvgIpc) is 3.38. The molecule has 0 bridgehead atoms. The first-order valence-electron chi connectivity index (χ1n) is 15.8. The molecule has 0 N–H and O–H groups in total. The van der Waals surface area contributed by atoms with Crippen LogP contribution in [0.1, 0.15) is 62.3 Å². The fourth-order valence-corrected chi connectivity index (χ4v) is 6.80. The number of allylic oxidation sites excluding steroid dienone is 1. The van der Waals surface area contributed by atoms with E-state index in [-0.39, 0.29) is 24.3 Å². The van der Waals surface area contributed by atoms with Gasteiger partial charge in [0.1, 0.15) is 0 Å². The van der Waals surface area contributed by atoms with Crippen molar-refractivity contribution in [3.05, 3.63) is 82.0 Å². The zero-order valence-electron chi connectivity index (χ0n) is 27.1. The van der Waals surface area contributed by atoms with Crippen molar-refractivity contribution in [3.8, 4) is 11.5 Å². The molecule has 1 saturated carbocycles. The molecular weight excluding hydrogens is 604 g/mol. The average molecular weight is 645 g/mol. The lowest BCUT2D eigenvalue weighted by atomic mass is 9.87. The van der Waals surface area contributed by atoms with Gasteiger partial charge in [-0.2, -0.15) is 0 Å². The van der Waals surface area contributed by atoms with Crippen LogP contribution in [-0.2, 0) is 16.0 Å². The van der Waals surface area contributed by atoms with Gasteiger partial charge >= 0.3 is 0 Å². The van der Waals surface area contributed by atoms with Gasteiger partial charge in [-0.3, -0.25) is 19.4 Å². The first kappa shape index (κ1) is 31.8. The van der Waals surface area contributed by atoms with Gasteiger partial charge in [-0.05, 0) is 92.6 Å². The lowest BCUT2D eigenvalue weighted by Crippen LogP contribution is -2.41. The third-order valence-electron chi connectivity index (χ3n) is 9.03. The summed E-state index contributed by atoms with van der Waals surface area (Å²) in [4.78, 5) is 33.6. The Hall–Kier alpha value is -4.15. The van der Waals surface area contributed by atoms with E-state index in [4.69, 9.17) is 21.1 Å². The summed E-state index contributed by atoms with van der Waals surface area (Å²) < 4.78 is 11.7. The van der Waals surface area contributed by atoms with Gasteiger partial charge < -0.3 is 19.3 Å². The number of rotatable bonds is 8. The summed E-state index contributed by atoms with van der Waals surface area (Å²) in [5.74, 6) is 2.48. The Morgan fingerprint density at radius 1 is 1.00 bits per heavy atom. The Morgan fingerprint density at radius 3 is 2.35 bits per heavy atom. The summed E-state index contributed by atoms with van der Waals surface area (Å²) in [7, 11) is 5.44. The number of aromatic nitrogens is 2. The molecule has 3 heterocycles. The number of nitrogens with zero attached hydrogens (tertiary/aromatic N) is 6. The molecule has 46 heavy (non-hydrogen) atoms. The highest BCUT2D eigenvalue weighted by molar-refractivity contribution is 6.30. The van der Waals surface area contributed by atoms with Gasteiger partial charge in [-0.25, -0.2) is 0 Å². The third-order valence-corrected chi connectivity index (χ3v) is 9.28. The van der Waals surface area contributed by atoms with E-state index < -0.39 is 6.04 Å². The Kier molecular flexibility index (Phi) is 9.20. The predicted octanol–water partition coefficient (Wildman–Crippen LogP) is 5.60. The number of halogens is 1. The molecule has 2 aromatic carbocycles. The van der Waals surface area contributed by atoms with Crippen molar-refractivity contribution in [2.75, 3.05) is 44.2 Å². The van der Waals surface area contributed by atoms with Crippen LogP contribution in [0.15, 0.2) is 60.3 Å². The smallest absolute Gasteiger partial charge is 0.237 e. The molecule has 1 saturated heterocycles. The minimum Gasteiger partial charge on any atom is -0.493 e. The fraction of sp³-hybridized carbons (Fsp3) is 0.429. The van der Waals surface area contributed by atoms with E-state index >= 15 is 0 Å². The Bertz CT molecular complexity index is 1620. The molecule has 3 aliphatic rings. The maximum atomic E-state index is 13.8. The topological polar surface area (TPSA) is 91.3 Å². The Balaban J connectivity index is 1.24. The molecule has 6 rings (SSSR count). The van der Waals surface area contributed by atoms with Crippen molar-refractivity contribution in [2.45, 2.75) is 64.1 Å². The van der Waals surface area contributed by atoms with E-state index in [1.807, 2.05) is 81.4 Å². The van der Waals surface area contributed by atoms with Crippen LogP contribution in [0.25, 0.3) is 0 Å². The monoisotopic (exact) mass is 644 g/mol. The minimum absolute atomic E-state index is 0.0552. The van der Waals surface area contributed by atoms with Gasteiger partial charge in [0.2, 0.25) is 11.8 Å². The Morgan fingerprint density at radius 2 is 1.74 bits per heavy atom.